The topological polar surface area (TPSA) is 477 Å². The molecule has 0 radical (unpaired) electrons. The number of rotatable bonds is 31. The van der Waals surface area contributed by atoms with E-state index in [4.69, 9.17) is 22.9 Å². The number of nitrogens with two attached hydrogens (primary N) is 4. The molecule has 1 heterocycles. The van der Waals surface area contributed by atoms with Gasteiger partial charge in [0.25, 0.3) is 0 Å². The monoisotopic (exact) mass is 1080 g/mol. The lowest BCUT2D eigenvalue weighted by Gasteiger charge is -2.31. The molecule has 1 fully saturated rings. The highest BCUT2D eigenvalue weighted by molar-refractivity contribution is 5.99. The summed E-state index contributed by atoms with van der Waals surface area (Å²) in [5, 5.41) is 56.0. The van der Waals surface area contributed by atoms with Gasteiger partial charge >= 0.3 is 5.97 Å². The second-order valence-electron chi connectivity index (χ2n) is 19.0. The number of phenols is 2. The van der Waals surface area contributed by atoms with Crippen LogP contribution < -0.4 is 60.2 Å². The Morgan fingerprint density at radius 3 is 1.61 bits per heavy atom. The summed E-state index contributed by atoms with van der Waals surface area (Å²) < 4.78 is 0. The molecule has 1 aliphatic heterocycles. The highest BCUT2D eigenvalue weighted by Crippen LogP contribution is 2.22. The van der Waals surface area contributed by atoms with E-state index < -0.39 is 145 Å². The van der Waals surface area contributed by atoms with E-state index in [2.05, 4.69) is 37.2 Å². The Morgan fingerprint density at radius 1 is 0.610 bits per heavy atom. The van der Waals surface area contributed by atoms with Gasteiger partial charge in [0.2, 0.25) is 65.0 Å². The van der Waals surface area contributed by atoms with Gasteiger partial charge in [-0.2, -0.15) is 0 Å². The van der Waals surface area contributed by atoms with Gasteiger partial charge in [0.05, 0.1) is 25.1 Å². The third-order valence-electron chi connectivity index (χ3n) is 12.1. The number of carboxylic acids is 1. The van der Waals surface area contributed by atoms with Crippen molar-refractivity contribution in [2.24, 2.45) is 28.9 Å². The minimum absolute atomic E-state index is 0.0178. The molecule has 0 saturated carbocycles. The molecule has 0 aliphatic carbocycles. The number of hydrogen-bond acceptors (Lipinski definition) is 16. The first-order chi connectivity index (χ1) is 36.1. The molecule has 0 bridgehead atoms. The molecule has 11 amide bonds. The maximum Gasteiger partial charge on any atom is 0.328 e. The summed E-state index contributed by atoms with van der Waals surface area (Å²) in [4.78, 5) is 158. The molecule has 2 aromatic carbocycles. The van der Waals surface area contributed by atoms with Gasteiger partial charge in [-0.1, -0.05) is 38.1 Å². The Bertz CT molecular complexity index is 2460. The van der Waals surface area contributed by atoms with Crippen molar-refractivity contribution in [3.63, 3.8) is 0 Å². The van der Waals surface area contributed by atoms with E-state index in [0.29, 0.717) is 17.5 Å². The van der Waals surface area contributed by atoms with Gasteiger partial charge in [0.15, 0.2) is 6.04 Å². The number of carbonyl (C=O) groups is 12. The summed E-state index contributed by atoms with van der Waals surface area (Å²) in [6.07, 6.45) is -3.59. The van der Waals surface area contributed by atoms with Crippen molar-refractivity contribution in [2.45, 2.75) is 139 Å². The lowest BCUT2D eigenvalue weighted by Crippen LogP contribution is -2.60. The third-order valence-corrected chi connectivity index (χ3v) is 12.1. The molecule has 0 unspecified atom stereocenters. The molecule has 77 heavy (non-hydrogen) atoms. The SMILES string of the molecule is CC(C)C[C@H](NC(=O)[C@H](CC(N)=O)NC(=O)CNC(=O)[C@H](Cc1ccc(O)cc1)NC(=O)[C@H](CCC(N)=O)NC(=O)[C@@H](N)CCC(N)=O)C(=O)N1CCC[C@H]1C(=O)N[C@@H](Cc1ccc(O)cc1)C(=O)N[C@H](C(=O)O)[C@@H](C)O. The molecule has 28 heteroatoms. The molecular weight excluding hydrogens is 1010 g/mol. The number of aliphatic hydroxyl groups excluding tert-OH is 1. The largest absolute Gasteiger partial charge is 0.508 e. The molecule has 3 rings (SSSR count). The van der Waals surface area contributed by atoms with Crippen LogP contribution in [0.15, 0.2) is 48.5 Å². The van der Waals surface area contributed by atoms with Gasteiger partial charge in [-0.05, 0) is 80.3 Å². The number of likely N-dealkylation sites (tertiary alicyclic amines) is 1. The van der Waals surface area contributed by atoms with Crippen molar-refractivity contribution < 1.29 is 78.0 Å². The van der Waals surface area contributed by atoms with Crippen molar-refractivity contribution in [1.29, 1.82) is 0 Å². The van der Waals surface area contributed by atoms with Gasteiger partial charge in [0, 0.05) is 32.2 Å². The fourth-order valence-electron chi connectivity index (χ4n) is 8.01. The normalized spacial score (nSPS) is 16.1. The van der Waals surface area contributed by atoms with Crippen LogP contribution in [0.4, 0.5) is 0 Å². The number of carboxylic acid groups (broad SMARTS) is 1. The van der Waals surface area contributed by atoms with Gasteiger partial charge < -0.3 is 85.5 Å². The van der Waals surface area contributed by atoms with Crippen LogP contribution in [0.5, 0.6) is 11.5 Å². The van der Waals surface area contributed by atoms with E-state index in [9.17, 15) is 78.0 Å². The van der Waals surface area contributed by atoms with Crippen molar-refractivity contribution in [3.8, 4) is 11.5 Å². The average Bonchev–Trinajstić information content (AvgIpc) is 3.85. The highest BCUT2D eigenvalue weighted by atomic mass is 16.4. The zero-order valence-corrected chi connectivity index (χ0v) is 42.8. The first kappa shape index (κ1) is 62.9. The van der Waals surface area contributed by atoms with Crippen LogP contribution in [-0.2, 0) is 70.4 Å². The van der Waals surface area contributed by atoms with Crippen molar-refractivity contribution >= 4 is 70.9 Å². The van der Waals surface area contributed by atoms with Crippen molar-refractivity contribution in [3.05, 3.63) is 59.7 Å². The van der Waals surface area contributed by atoms with E-state index in [1.165, 1.54) is 53.4 Å². The number of phenolic OH excluding ortho intramolecular Hbond substituents is 2. The van der Waals surface area contributed by atoms with Crippen LogP contribution in [0.25, 0.3) is 0 Å². The molecule has 9 atom stereocenters. The number of aliphatic hydroxyl groups is 1. The summed E-state index contributed by atoms with van der Waals surface area (Å²) in [7, 11) is 0. The molecule has 0 spiro atoms. The lowest BCUT2D eigenvalue weighted by molar-refractivity contribution is -0.145. The standard InChI is InChI=1S/C49H70N12O16/c1-24(2)19-35(48(75)61-18-4-5-36(61)47(74)58-33(21-27-8-12-29(64)13-9-27)46(73)60-41(25(3)62)49(76)77)59-45(72)34(22-39(53)67)55-40(68)23-54-43(70)32(20-26-6-10-28(63)11-7-26)57-44(71)31(15-17-38(52)66)56-42(69)30(50)14-16-37(51)65/h6-13,24-25,30-36,41,62-64H,4-5,14-23,50H2,1-3H3,(H2,51,65)(H2,52,66)(H2,53,67)(H,54,70)(H,55,68)(H,56,69)(H,57,71)(H,58,74)(H,59,72)(H,60,73)(H,76,77)/t25-,30+,31+,32+,33+,34+,35+,36+,41+/m1/s1. The van der Waals surface area contributed by atoms with Crippen molar-refractivity contribution in [1.82, 2.24) is 42.1 Å². The minimum Gasteiger partial charge on any atom is -0.508 e. The summed E-state index contributed by atoms with van der Waals surface area (Å²) in [6.45, 7) is 3.75. The molecule has 422 valence electrons. The number of hydrogen-bond donors (Lipinski definition) is 15. The summed E-state index contributed by atoms with van der Waals surface area (Å²) >= 11 is 0. The van der Waals surface area contributed by atoms with E-state index >= 15 is 0 Å². The van der Waals surface area contributed by atoms with Gasteiger partial charge in [0.1, 0.15) is 47.8 Å². The molecule has 19 N–H and O–H groups in total. The Morgan fingerprint density at radius 2 is 1.10 bits per heavy atom. The Labute approximate surface area is 442 Å². The van der Waals surface area contributed by atoms with E-state index in [1.807, 2.05) is 0 Å². The summed E-state index contributed by atoms with van der Waals surface area (Å²) in [6, 6.07) is -0.742. The average molecular weight is 1080 g/mol. The van der Waals surface area contributed by atoms with E-state index in [0.717, 1.165) is 6.92 Å². The first-order valence-corrected chi connectivity index (χ1v) is 24.6. The Hall–Kier alpha value is -8.40. The number of nitrogens with one attached hydrogen (secondary N) is 7. The maximum absolute atomic E-state index is 14.3. The van der Waals surface area contributed by atoms with Crippen LogP contribution in [0.1, 0.15) is 83.3 Å². The quantitative estimate of drug-likeness (QED) is 0.0337. The second kappa shape index (κ2) is 30.2. The zero-order chi connectivity index (χ0) is 57.7. The number of aromatic hydroxyl groups is 2. The van der Waals surface area contributed by atoms with Crippen LogP contribution in [-0.4, -0.2) is 164 Å². The van der Waals surface area contributed by atoms with Gasteiger partial charge in [-0.3, -0.25) is 52.7 Å². The maximum atomic E-state index is 14.3. The third kappa shape index (κ3) is 21.4. The Balaban J connectivity index is 1.81. The minimum atomic E-state index is -1.75. The van der Waals surface area contributed by atoms with E-state index in [-0.39, 0.29) is 68.9 Å². The summed E-state index contributed by atoms with van der Waals surface area (Å²) in [5.41, 5.74) is 22.6. The van der Waals surface area contributed by atoms with Gasteiger partial charge in [-0.15, -0.1) is 0 Å². The highest BCUT2D eigenvalue weighted by Gasteiger charge is 2.41. The van der Waals surface area contributed by atoms with Crippen LogP contribution in [0.2, 0.25) is 0 Å². The van der Waals surface area contributed by atoms with Crippen LogP contribution in [0.3, 0.4) is 0 Å². The number of benzene rings is 2. The van der Waals surface area contributed by atoms with Crippen molar-refractivity contribution in [2.75, 3.05) is 13.1 Å². The predicted octanol–water partition coefficient (Wildman–Crippen LogP) is -4.86. The zero-order valence-electron chi connectivity index (χ0n) is 42.8. The van der Waals surface area contributed by atoms with Gasteiger partial charge in [-0.25, -0.2) is 4.79 Å². The predicted molar refractivity (Wildman–Crippen MR) is 270 cm³/mol. The molecule has 28 nitrogen and oxygen atoms in total. The molecule has 1 aliphatic rings. The number of nitrogens with zero attached hydrogens (tertiary/aromatic N) is 1. The fourth-order valence-corrected chi connectivity index (χ4v) is 8.01. The number of aliphatic carboxylic acids is 1. The summed E-state index contributed by atoms with van der Waals surface area (Å²) in [5.74, 6) is -12.2. The lowest BCUT2D eigenvalue weighted by atomic mass is 10.0. The number of carbonyl (C=O) groups excluding carboxylic acids is 11. The number of primary amides is 3. The number of amides is 11. The molecule has 1 saturated heterocycles. The fraction of sp³-hybridized carbons (Fsp3) is 0.510. The van der Waals surface area contributed by atoms with Crippen LogP contribution >= 0.6 is 0 Å². The van der Waals surface area contributed by atoms with E-state index in [1.54, 1.807) is 13.8 Å². The first-order valence-electron chi connectivity index (χ1n) is 24.6. The smallest absolute Gasteiger partial charge is 0.328 e. The molecule has 2 aromatic rings. The second-order valence-corrected chi connectivity index (χ2v) is 19.0. The molecule has 0 aromatic heterocycles. The van der Waals surface area contributed by atoms with Crippen LogP contribution in [0, 0.1) is 5.92 Å². The molecular formula is C49H70N12O16. The Kier molecular flexibility index (Phi) is 24.7.